The first-order chi connectivity index (χ1) is 7.43. The molecule has 0 aromatic rings. The van der Waals surface area contributed by atoms with Crippen LogP contribution >= 0.6 is 0 Å². The Bertz CT molecular complexity index is 208. The minimum Gasteiger partial charge on any atom is -0.380 e. The van der Waals surface area contributed by atoms with Crippen molar-refractivity contribution in [3.05, 3.63) is 0 Å². The zero-order valence-electron chi connectivity index (χ0n) is 11.4. The van der Waals surface area contributed by atoms with E-state index < -0.39 is 0 Å². The summed E-state index contributed by atoms with van der Waals surface area (Å²) in [6.07, 6.45) is 2.52. The molecule has 0 aliphatic carbocycles. The van der Waals surface area contributed by atoms with E-state index in [0.717, 1.165) is 26.3 Å². The monoisotopic (exact) mass is 228 g/mol. The van der Waals surface area contributed by atoms with Gasteiger partial charge in [0.25, 0.3) is 0 Å². The summed E-state index contributed by atoms with van der Waals surface area (Å²) in [7, 11) is 0. The molecule has 1 aliphatic rings. The molecule has 3 heteroatoms. The number of likely N-dealkylation sites (tertiary alicyclic amines) is 1. The van der Waals surface area contributed by atoms with Gasteiger partial charge in [0.05, 0.1) is 12.1 Å². The third kappa shape index (κ3) is 3.44. The minimum atomic E-state index is 0.0203. The van der Waals surface area contributed by atoms with E-state index in [-0.39, 0.29) is 5.54 Å². The zero-order valence-corrected chi connectivity index (χ0v) is 11.4. The van der Waals surface area contributed by atoms with Gasteiger partial charge < -0.3 is 10.5 Å². The molecule has 0 spiro atoms. The van der Waals surface area contributed by atoms with Gasteiger partial charge in [-0.3, -0.25) is 4.90 Å². The average Bonchev–Trinajstić information content (AvgIpc) is 2.26. The topological polar surface area (TPSA) is 38.5 Å². The summed E-state index contributed by atoms with van der Waals surface area (Å²) in [5.74, 6) is 0. The lowest BCUT2D eigenvalue weighted by Gasteiger charge is -2.46. The summed E-state index contributed by atoms with van der Waals surface area (Å²) < 4.78 is 5.57. The number of nitrogens with zero attached hydrogens (tertiary/aromatic N) is 1. The summed E-state index contributed by atoms with van der Waals surface area (Å²) in [5, 5.41) is 0. The molecule has 2 N–H and O–H groups in total. The molecule has 0 amide bonds. The molecule has 1 heterocycles. The summed E-state index contributed by atoms with van der Waals surface area (Å²) in [5.41, 5.74) is 6.44. The van der Waals surface area contributed by atoms with Gasteiger partial charge >= 0.3 is 0 Å². The van der Waals surface area contributed by atoms with Gasteiger partial charge in [0.2, 0.25) is 0 Å². The second-order valence-electron chi connectivity index (χ2n) is 5.99. The van der Waals surface area contributed by atoms with Crippen LogP contribution in [0.2, 0.25) is 0 Å². The molecular formula is C13H28N2O. The van der Waals surface area contributed by atoms with Crippen LogP contribution in [0.15, 0.2) is 0 Å². The van der Waals surface area contributed by atoms with Crippen LogP contribution in [0.3, 0.4) is 0 Å². The Morgan fingerprint density at radius 2 is 1.88 bits per heavy atom. The van der Waals surface area contributed by atoms with Crippen LogP contribution in [-0.4, -0.2) is 43.3 Å². The Labute approximate surface area is 100 Å². The summed E-state index contributed by atoms with van der Waals surface area (Å²) in [4.78, 5) is 2.51. The fraction of sp³-hybridized carbons (Fsp3) is 1.00. The van der Waals surface area contributed by atoms with E-state index in [1.165, 1.54) is 12.8 Å². The highest BCUT2D eigenvalue weighted by atomic mass is 16.5. The fourth-order valence-corrected chi connectivity index (χ4v) is 2.25. The van der Waals surface area contributed by atoms with E-state index >= 15 is 0 Å². The first kappa shape index (κ1) is 13.9. The number of hydrogen-bond donors (Lipinski definition) is 1. The van der Waals surface area contributed by atoms with Crippen LogP contribution in [0.4, 0.5) is 0 Å². The van der Waals surface area contributed by atoms with Gasteiger partial charge in [-0.2, -0.15) is 0 Å². The molecule has 0 aromatic heterocycles. The SMILES string of the molecule is CCOCC(C)(CN)N1CCC(C)(C)CC1. The number of piperidine rings is 1. The van der Waals surface area contributed by atoms with Gasteiger partial charge in [-0.25, -0.2) is 0 Å². The first-order valence-electron chi connectivity index (χ1n) is 6.46. The number of hydrogen-bond acceptors (Lipinski definition) is 3. The van der Waals surface area contributed by atoms with Gasteiger partial charge in [-0.15, -0.1) is 0 Å². The molecule has 1 rings (SSSR count). The van der Waals surface area contributed by atoms with Gasteiger partial charge in [-0.05, 0) is 45.2 Å². The summed E-state index contributed by atoms with van der Waals surface area (Å²) in [6, 6.07) is 0. The van der Waals surface area contributed by atoms with E-state index in [9.17, 15) is 0 Å². The zero-order chi connectivity index (χ0) is 12.2. The van der Waals surface area contributed by atoms with Crippen molar-refractivity contribution in [3.8, 4) is 0 Å². The first-order valence-corrected chi connectivity index (χ1v) is 6.46. The Hall–Kier alpha value is -0.120. The van der Waals surface area contributed by atoms with Crippen LogP contribution in [0.5, 0.6) is 0 Å². The highest BCUT2D eigenvalue weighted by Crippen LogP contribution is 2.32. The van der Waals surface area contributed by atoms with E-state index in [0.29, 0.717) is 12.0 Å². The van der Waals surface area contributed by atoms with E-state index in [4.69, 9.17) is 10.5 Å². The highest BCUT2D eigenvalue weighted by Gasteiger charge is 2.35. The van der Waals surface area contributed by atoms with Crippen molar-refractivity contribution in [2.24, 2.45) is 11.1 Å². The van der Waals surface area contributed by atoms with Gasteiger partial charge in [0.1, 0.15) is 0 Å². The maximum Gasteiger partial charge on any atom is 0.0659 e. The van der Waals surface area contributed by atoms with Crippen LogP contribution in [0.1, 0.15) is 40.5 Å². The fourth-order valence-electron chi connectivity index (χ4n) is 2.25. The van der Waals surface area contributed by atoms with Crippen molar-refractivity contribution in [1.82, 2.24) is 4.90 Å². The predicted molar refractivity (Wildman–Crippen MR) is 68.5 cm³/mol. The van der Waals surface area contributed by atoms with Crippen LogP contribution in [-0.2, 0) is 4.74 Å². The highest BCUT2D eigenvalue weighted by molar-refractivity contribution is 4.91. The lowest BCUT2D eigenvalue weighted by atomic mass is 9.81. The maximum absolute atomic E-state index is 5.92. The predicted octanol–water partition coefficient (Wildman–Crippen LogP) is 1.86. The standard InChI is InChI=1S/C13H28N2O/c1-5-16-11-13(4,10-14)15-8-6-12(2,3)7-9-15/h5-11,14H2,1-4H3. The largest absolute Gasteiger partial charge is 0.380 e. The Morgan fingerprint density at radius 1 is 1.31 bits per heavy atom. The second-order valence-corrected chi connectivity index (χ2v) is 5.99. The van der Waals surface area contributed by atoms with Gasteiger partial charge in [0.15, 0.2) is 0 Å². The maximum atomic E-state index is 5.92. The van der Waals surface area contributed by atoms with E-state index in [2.05, 4.69) is 25.7 Å². The molecule has 1 fully saturated rings. The minimum absolute atomic E-state index is 0.0203. The molecule has 96 valence electrons. The van der Waals surface area contributed by atoms with Crippen molar-refractivity contribution >= 4 is 0 Å². The lowest BCUT2D eigenvalue weighted by Crippen LogP contribution is -2.57. The molecule has 0 bridgehead atoms. The molecule has 0 saturated carbocycles. The van der Waals surface area contributed by atoms with Crippen molar-refractivity contribution in [3.63, 3.8) is 0 Å². The summed E-state index contributed by atoms with van der Waals surface area (Å²) in [6.45, 7) is 13.5. The smallest absolute Gasteiger partial charge is 0.0659 e. The van der Waals surface area contributed by atoms with Crippen molar-refractivity contribution in [2.45, 2.75) is 46.1 Å². The van der Waals surface area contributed by atoms with E-state index in [1.54, 1.807) is 0 Å². The normalized spacial score (nSPS) is 25.3. The van der Waals surface area contributed by atoms with Crippen molar-refractivity contribution < 1.29 is 4.74 Å². The number of rotatable bonds is 5. The number of ether oxygens (including phenoxy) is 1. The molecule has 1 atom stereocenters. The van der Waals surface area contributed by atoms with Crippen LogP contribution in [0.25, 0.3) is 0 Å². The van der Waals surface area contributed by atoms with Crippen LogP contribution < -0.4 is 5.73 Å². The summed E-state index contributed by atoms with van der Waals surface area (Å²) >= 11 is 0. The molecule has 16 heavy (non-hydrogen) atoms. The molecule has 0 radical (unpaired) electrons. The van der Waals surface area contributed by atoms with Gasteiger partial charge in [0, 0.05) is 13.2 Å². The second kappa shape index (κ2) is 5.48. The Morgan fingerprint density at radius 3 is 2.31 bits per heavy atom. The Balaban J connectivity index is 2.54. The van der Waals surface area contributed by atoms with Crippen molar-refractivity contribution in [1.29, 1.82) is 0 Å². The van der Waals surface area contributed by atoms with Gasteiger partial charge in [-0.1, -0.05) is 13.8 Å². The molecule has 1 aliphatic heterocycles. The third-order valence-corrected chi connectivity index (χ3v) is 3.94. The van der Waals surface area contributed by atoms with Crippen molar-refractivity contribution in [2.75, 3.05) is 32.8 Å². The van der Waals surface area contributed by atoms with E-state index in [1.807, 2.05) is 6.92 Å². The molecule has 3 nitrogen and oxygen atoms in total. The Kier molecular flexibility index (Phi) is 4.77. The molecule has 0 aromatic carbocycles. The quantitative estimate of drug-likeness (QED) is 0.780. The molecule has 1 unspecified atom stereocenters. The molecular weight excluding hydrogens is 200 g/mol. The molecule has 1 saturated heterocycles. The third-order valence-electron chi connectivity index (χ3n) is 3.94. The lowest BCUT2D eigenvalue weighted by molar-refractivity contribution is -0.0173. The number of nitrogens with two attached hydrogens (primary N) is 1. The van der Waals surface area contributed by atoms with Crippen LogP contribution in [0, 0.1) is 5.41 Å². The average molecular weight is 228 g/mol.